The molecule has 0 N–H and O–H groups in total. The number of hydrogen-bond acceptors (Lipinski definition) is 2. The normalized spacial score (nSPS) is 10.8. The number of thiophene rings is 2. The first-order chi connectivity index (χ1) is 5.88. The molecule has 0 saturated carbocycles. The summed E-state index contributed by atoms with van der Waals surface area (Å²) in [7, 11) is -0.0759. The molecule has 0 unspecified atom stereocenters. The topological polar surface area (TPSA) is 0 Å². The van der Waals surface area contributed by atoms with Crippen molar-refractivity contribution in [2.45, 2.75) is 0 Å². The van der Waals surface area contributed by atoms with Crippen LogP contribution in [0.5, 0.6) is 0 Å². The lowest BCUT2D eigenvalue weighted by molar-refractivity contribution is 2.07. The van der Waals surface area contributed by atoms with Crippen LogP contribution in [-0.4, -0.2) is 6.66 Å². The largest absolute Gasteiger partial charge is 0.152 e. The maximum atomic E-state index is 2.32. The molecule has 12 heavy (non-hydrogen) atoms. The van der Waals surface area contributed by atoms with Crippen LogP contribution < -0.4 is 10.6 Å². The van der Waals surface area contributed by atoms with Gasteiger partial charge in [-0.25, -0.2) is 0 Å². The van der Waals surface area contributed by atoms with Crippen molar-refractivity contribution < 1.29 is 0 Å². The van der Waals surface area contributed by atoms with Gasteiger partial charge in [0.05, 0.1) is 0 Å². The molecule has 62 valence electrons. The van der Waals surface area contributed by atoms with Crippen molar-refractivity contribution in [1.82, 2.24) is 0 Å². The second-order valence-electron chi connectivity index (χ2n) is 2.52. The highest BCUT2D eigenvalue weighted by molar-refractivity contribution is 7.72. The van der Waals surface area contributed by atoms with Crippen LogP contribution in [0.15, 0.2) is 33.7 Å². The van der Waals surface area contributed by atoms with E-state index in [9.17, 15) is 0 Å². The fourth-order valence-corrected chi connectivity index (χ4v) is 4.82. The summed E-state index contributed by atoms with van der Waals surface area (Å²) >= 11 is 3.57. The summed E-state index contributed by atoms with van der Waals surface area (Å²) in [5, 5.41) is 11.8. The second-order valence-corrected chi connectivity index (χ2v) is 6.23. The van der Waals surface area contributed by atoms with Crippen molar-refractivity contribution in [3.05, 3.63) is 33.7 Å². The molecule has 0 saturated heterocycles. The molecule has 2 aromatic heterocycles. The Morgan fingerprint density at radius 3 is 1.83 bits per heavy atom. The summed E-state index contributed by atoms with van der Waals surface area (Å²) in [6.45, 7) is 2.32. The summed E-state index contributed by atoms with van der Waals surface area (Å²) < 4.78 is 0. The fourth-order valence-electron chi connectivity index (χ4n) is 1.05. The van der Waals surface area contributed by atoms with Crippen LogP contribution in [0.4, 0.5) is 0 Å². The second kappa shape index (κ2) is 3.69. The Kier molecular flexibility index (Phi) is 2.60. The summed E-state index contributed by atoms with van der Waals surface area (Å²) in [4.78, 5) is 0. The molecule has 0 nitrogen and oxygen atoms in total. The third-order valence-electron chi connectivity index (χ3n) is 1.79. The Morgan fingerprint density at radius 2 is 1.50 bits per heavy atom. The zero-order valence-corrected chi connectivity index (χ0v) is 9.26. The Hall–Kier alpha value is -0.170. The van der Waals surface area contributed by atoms with Gasteiger partial charge >= 0.3 is 0 Å². The van der Waals surface area contributed by atoms with Crippen molar-refractivity contribution in [2.24, 2.45) is 0 Å². The van der Waals surface area contributed by atoms with E-state index in [1.54, 1.807) is 22.7 Å². The van der Waals surface area contributed by atoms with Crippen LogP contribution in [0.1, 0.15) is 0 Å². The molecule has 0 bridgehead atoms. The van der Waals surface area contributed by atoms with Crippen LogP contribution in [0.2, 0.25) is 0 Å². The molecule has 2 aromatic rings. The van der Waals surface area contributed by atoms with E-state index in [0.717, 1.165) is 0 Å². The van der Waals surface area contributed by atoms with E-state index in [0.29, 0.717) is 0 Å². The van der Waals surface area contributed by atoms with E-state index in [1.165, 1.54) is 10.6 Å². The first-order valence-corrected chi connectivity index (χ1v) is 7.33. The molecule has 2 rings (SSSR count). The first kappa shape index (κ1) is 8.43. The Bertz CT molecular complexity index is 289. The molecule has 0 amide bonds. The Labute approximate surface area is 81.6 Å². The average Bonchev–Trinajstić information content (AvgIpc) is 2.77. The summed E-state index contributed by atoms with van der Waals surface area (Å²) in [6, 6.07) is 4.46. The van der Waals surface area contributed by atoms with Gasteiger partial charge in [-0.05, 0) is 58.8 Å². The van der Waals surface area contributed by atoms with Gasteiger partial charge in [0, 0.05) is 0 Å². The van der Waals surface area contributed by atoms with E-state index >= 15 is 0 Å². The summed E-state index contributed by atoms with van der Waals surface area (Å²) in [5.74, 6) is 0. The van der Waals surface area contributed by atoms with Crippen LogP contribution in [-0.2, 0) is 0 Å². The van der Waals surface area contributed by atoms with Crippen molar-refractivity contribution >= 4 is 41.2 Å². The lowest BCUT2D eigenvalue weighted by Crippen LogP contribution is -2.05. The molecule has 0 aliphatic rings. The third kappa shape index (κ3) is 1.61. The van der Waals surface area contributed by atoms with Gasteiger partial charge in [0.1, 0.15) is 0 Å². The first-order valence-electron chi connectivity index (χ1n) is 3.66. The molecule has 0 fully saturated rings. The maximum Gasteiger partial charge on any atom is -0.00131 e. The van der Waals surface area contributed by atoms with Crippen molar-refractivity contribution in [3.63, 3.8) is 0 Å². The van der Waals surface area contributed by atoms with Gasteiger partial charge in [-0.2, -0.15) is 22.7 Å². The van der Waals surface area contributed by atoms with E-state index in [1.807, 2.05) is 0 Å². The molecule has 0 radical (unpaired) electrons. The number of hydrogen-bond donors (Lipinski definition) is 0. The fraction of sp³-hybridized carbons (Fsp3) is 0.111. The minimum absolute atomic E-state index is 0.0759. The molecular weight excluding hydrogens is 203 g/mol. The molecule has 2 heterocycles. The highest BCUT2D eigenvalue weighted by atomic mass is 32.1. The lowest BCUT2D eigenvalue weighted by Gasteiger charge is -2.06. The predicted octanol–water partition coefficient (Wildman–Crippen LogP) is 2.87. The van der Waals surface area contributed by atoms with Gasteiger partial charge in [0.25, 0.3) is 0 Å². The molecule has 3 heteroatoms. The molecule has 0 atom stereocenters. The van der Waals surface area contributed by atoms with Gasteiger partial charge in [-0.3, -0.25) is 0 Å². The van der Waals surface area contributed by atoms with Crippen LogP contribution >= 0.6 is 30.6 Å². The van der Waals surface area contributed by atoms with Gasteiger partial charge in [-0.1, -0.05) is 0 Å². The monoisotopic (exact) mass is 212 g/mol. The maximum absolute atomic E-state index is 2.32. The quantitative estimate of drug-likeness (QED) is 0.671. The average molecular weight is 212 g/mol. The van der Waals surface area contributed by atoms with E-state index < -0.39 is 0 Å². The van der Waals surface area contributed by atoms with Crippen molar-refractivity contribution in [1.29, 1.82) is 0 Å². The third-order valence-corrected chi connectivity index (χ3v) is 5.61. The molecular formula is C9H9PS2. The van der Waals surface area contributed by atoms with Crippen molar-refractivity contribution in [3.8, 4) is 0 Å². The smallest absolute Gasteiger partial charge is 0.00131 e. The van der Waals surface area contributed by atoms with E-state index in [2.05, 4.69) is 40.3 Å². The minimum atomic E-state index is -0.0759. The van der Waals surface area contributed by atoms with E-state index in [-0.39, 0.29) is 7.92 Å². The summed E-state index contributed by atoms with van der Waals surface area (Å²) in [6.07, 6.45) is 0. The molecule has 0 aliphatic carbocycles. The van der Waals surface area contributed by atoms with Gasteiger partial charge < -0.3 is 0 Å². The van der Waals surface area contributed by atoms with Crippen molar-refractivity contribution in [2.75, 3.05) is 6.66 Å². The highest BCUT2D eigenvalue weighted by Gasteiger charge is 2.07. The molecule has 0 aromatic carbocycles. The van der Waals surface area contributed by atoms with Crippen LogP contribution in [0, 0.1) is 0 Å². The van der Waals surface area contributed by atoms with Gasteiger partial charge in [-0.15, -0.1) is 0 Å². The standard InChI is InChI=1S/C9H9PS2/c1-10(8-2-4-11-6-8)9-3-5-12-7-9/h2-7H,1H3. The molecule has 0 aliphatic heterocycles. The van der Waals surface area contributed by atoms with E-state index in [4.69, 9.17) is 0 Å². The van der Waals surface area contributed by atoms with Gasteiger partial charge in [0.15, 0.2) is 0 Å². The SMILES string of the molecule is CP(c1ccsc1)c1ccsc1. The highest BCUT2D eigenvalue weighted by Crippen LogP contribution is 2.30. The van der Waals surface area contributed by atoms with Gasteiger partial charge in [0.2, 0.25) is 0 Å². The molecule has 0 spiro atoms. The zero-order chi connectivity index (χ0) is 8.39. The Morgan fingerprint density at radius 1 is 1.00 bits per heavy atom. The summed E-state index contributed by atoms with van der Waals surface area (Å²) in [5.41, 5.74) is 0. The Balaban J connectivity index is 2.27. The zero-order valence-electron chi connectivity index (χ0n) is 6.73. The van der Waals surface area contributed by atoms with Crippen LogP contribution in [0.3, 0.4) is 0 Å². The predicted molar refractivity (Wildman–Crippen MR) is 60.8 cm³/mol. The van der Waals surface area contributed by atoms with Crippen LogP contribution in [0.25, 0.3) is 0 Å². The lowest BCUT2D eigenvalue weighted by atomic mass is 10.7. The minimum Gasteiger partial charge on any atom is -0.152 e. The number of rotatable bonds is 2.